The number of aliphatic hydroxyl groups is 1. The quantitative estimate of drug-likeness (QED) is 0.271. The van der Waals surface area contributed by atoms with E-state index in [9.17, 15) is 22.7 Å². The third kappa shape index (κ3) is 8.84. The molecule has 0 aromatic heterocycles. The number of likely N-dealkylation sites (N-methyl/N-ethyl adjacent to an activating group) is 1. The van der Waals surface area contributed by atoms with Crippen molar-refractivity contribution in [3.63, 3.8) is 0 Å². The summed E-state index contributed by atoms with van der Waals surface area (Å²) in [5, 5.41) is 22.7. The molecule has 3 aromatic carbocycles. The lowest BCUT2D eigenvalue weighted by molar-refractivity contribution is -0.136. The first-order valence-corrected chi connectivity index (χ1v) is 14.3. The molecule has 0 saturated heterocycles. The van der Waals surface area contributed by atoms with Crippen molar-refractivity contribution in [1.82, 2.24) is 9.62 Å². The van der Waals surface area contributed by atoms with Crippen LogP contribution < -0.4 is 5.32 Å². The number of β-amino-alcohol motifs (C(OH)–C–C–N with tert-alkyl or cyclic N) is 1. The number of sulfonamides is 1. The van der Waals surface area contributed by atoms with Crippen molar-refractivity contribution in [3.8, 4) is 11.1 Å². The maximum Gasteiger partial charge on any atom is 0.303 e. The van der Waals surface area contributed by atoms with Gasteiger partial charge in [-0.2, -0.15) is 4.31 Å². The second-order valence-corrected chi connectivity index (χ2v) is 12.7. The lowest BCUT2D eigenvalue weighted by Crippen LogP contribution is -2.47. The number of carboxylic acids is 1. The predicted octanol–water partition coefficient (Wildman–Crippen LogP) is 4.76. The van der Waals surface area contributed by atoms with Gasteiger partial charge in [0.1, 0.15) is 5.82 Å². The van der Waals surface area contributed by atoms with Crippen LogP contribution in [-0.2, 0) is 27.7 Å². The van der Waals surface area contributed by atoms with Crippen LogP contribution >= 0.6 is 11.6 Å². The van der Waals surface area contributed by atoms with E-state index < -0.39 is 33.5 Å². The lowest BCUT2D eigenvalue weighted by atomic mass is 9.94. The van der Waals surface area contributed by atoms with E-state index in [1.807, 2.05) is 38.1 Å². The van der Waals surface area contributed by atoms with E-state index in [0.717, 1.165) is 21.0 Å². The van der Waals surface area contributed by atoms with Gasteiger partial charge in [-0.25, -0.2) is 12.8 Å². The summed E-state index contributed by atoms with van der Waals surface area (Å²) in [5.41, 5.74) is 2.66. The molecule has 0 unspecified atom stereocenters. The zero-order valence-corrected chi connectivity index (χ0v) is 23.8. The van der Waals surface area contributed by atoms with Gasteiger partial charge in [0, 0.05) is 32.1 Å². The van der Waals surface area contributed by atoms with Gasteiger partial charge in [-0.3, -0.25) is 4.79 Å². The average molecular weight is 577 g/mol. The molecule has 3 N–H and O–H groups in total. The van der Waals surface area contributed by atoms with Crippen LogP contribution in [0.1, 0.15) is 31.4 Å². The molecule has 0 spiro atoms. The Morgan fingerprint density at radius 2 is 1.72 bits per heavy atom. The largest absolute Gasteiger partial charge is 0.481 e. The highest BCUT2D eigenvalue weighted by Crippen LogP contribution is 2.25. The van der Waals surface area contributed by atoms with E-state index in [4.69, 9.17) is 16.7 Å². The first-order chi connectivity index (χ1) is 18.3. The van der Waals surface area contributed by atoms with Crippen LogP contribution in [0.15, 0.2) is 71.6 Å². The van der Waals surface area contributed by atoms with Crippen LogP contribution in [-0.4, -0.2) is 60.7 Å². The summed E-state index contributed by atoms with van der Waals surface area (Å²) in [5.74, 6) is -1.35. The van der Waals surface area contributed by atoms with Gasteiger partial charge >= 0.3 is 5.97 Å². The van der Waals surface area contributed by atoms with Crippen molar-refractivity contribution >= 4 is 27.6 Å². The third-order valence-corrected chi connectivity index (χ3v) is 8.50. The SMILES string of the molecule is CN(C[C@H](O)CNC(C)(C)Cc1ccc(Cl)c(F)c1)S(=O)(=O)c1cccc(-c2ccc(CCC(=O)O)cc2)c1. The number of hydrogen-bond acceptors (Lipinski definition) is 5. The monoisotopic (exact) mass is 576 g/mol. The first-order valence-electron chi connectivity index (χ1n) is 12.5. The molecule has 0 aliphatic heterocycles. The topological polar surface area (TPSA) is 107 Å². The number of hydrogen-bond donors (Lipinski definition) is 3. The Morgan fingerprint density at radius 1 is 1.05 bits per heavy atom. The highest BCUT2D eigenvalue weighted by molar-refractivity contribution is 7.89. The van der Waals surface area contributed by atoms with E-state index in [-0.39, 0.29) is 29.4 Å². The fourth-order valence-electron chi connectivity index (χ4n) is 4.21. The molecule has 0 aliphatic rings. The molecule has 0 aliphatic carbocycles. The summed E-state index contributed by atoms with van der Waals surface area (Å²) in [6.07, 6.45) is -0.0359. The minimum absolute atomic E-state index is 0.0423. The van der Waals surface area contributed by atoms with Crippen molar-refractivity contribution in [2.24, 2.45) is 0 Å². The van der Waals surface area contributed by atoms with Crippen molar-refractivity contribution in [2.75, 3.05) is 20.1 Å². The Balaban J connectivity index is 1.61. The molecule has 1 atom stereocenters. The second-order valence-electron chi connectivity index (χ2n) is 10.2. The van der Waals surface area contributed by atoms with Crippen molar-refractivity contribution in [2.45, 2.75) is 49.6 Å². The van der Waals surface area contributed by atoms with Crippen LogP contribution in [0.25, 0.3) is 11.1 Å². The number of rotatable bonds is 13. The highest BCUT2D eigenvalue weighted by Gasteiger charge is 2.25. The molecule has 0 fully saturated rings. The fraction of sp³-hybridized carbons (Fsp3) is 0.345. The van der Waals surface area contributed by atoms with Gasteiger partial charge in [0.25, 0.3) is 0 Å². The standard InChI is InChI=1S/C29H34ClFN2O5S/c1-29(2,17-21-9-13-26(30)27(31)15-21)32-18-24(34)19-33(3)39(37,38)25-6-4-5-23(16-25)22-11-7-20(8-12-22)10-14-28(35)36/h4-9,11-13,15-16,24,32,34H,10,14,17-19H2,1-3H3,(H,35,36)/t24-/m1/s1. The number of aliphatic hydroxyl groups excluding tert-OH is 1. The summed E-state index contributed by atoms with van der Waals surface area (Å²) in [7, 11) is -2.46. The van der Waals surface area contributed by atoms with Crippen LogP contribution in [0.5, 0.6) is 0 Å². The number of carbonyl (C=O) groups is 1. The van der Waals surface area contributed by atoms with Crippen LogP contribution in [0.3, 0.4) is 0 Å². The lowest BCUT2D eigenvalue weighted by Gasteiger charge is -2.29. The van der Waals surface area contributed by atoms with Gasteiger partial charge in [0.2, 0.25) is 10.0 Å². The zero-order chi connectivity index (χ0) is 28.8. The van der Waals surface area contributed by atoms with Crippen molar-refractivity contribution in [3.05, 3.63) is 88.7 Å². The second kappa shape index (κ2) is 13.0. The molecular weight excluding hydrogens is 543 g/mol. The molecule has 3 rings (SSSR count). The number of aryl methyl sites for hydroxylation is 1. The number of carboxylic acid groups (broad SMARTS) is 1. The van der Waals surface area contributed by atoms with Gasteiger partial charge in [-0.05, 0) is 73.2 Å². The van der Waals surface area contributed by atoms with E-state index >= 15 is 0 Å². The Labute approximate surface area is 234 Å². The van der Waals surface area contributed by atoms with Gasteiger partial charge in [-0.15, -0.1) is 0 Å². The first kappa shape index (κ1) is 30.7. The number of aliphatic carboxylic acids is 1. The molecule has 0 amide bonds. The molecule has 10 heteroatoms. The third-order valence-electron chi connectivity index (χ3n) is 6.37. The Hall–Kier alpha value is -2.82. The number of nitrogens with one attached hydrogen (secondary N) is 1. The molecule has 0 radical (unpaired) electrons. The normalized spacial score (nSPS) is 13.0. The number of benzene rings is 3. The molecule has 0 saturated carbocycles. The molecule has 210 valence electrons. The van der Waals surface area contributed by atoms with Gasteiger partial charge in [0.15, 0.2) is 0 Å². The maximum absolute atomic E-state index is 13.8. The molecule has 0 bridgehead atoms. The average Bonchev–Trinajstić information content (AvgIpc) is 2.88. The minimum atomic E-state index is -3.88. The Kier molecular flexibility index (Phi) is 10.3. The maximum atomic E-state index is 13.8. The van der Waals surface area contributed by atoms with Crippen molar-refractivity contribution in [1.29, 1.82) is 0 Å². The molecule has 7 nitrogen and oxygen atoms in total. The number of nitrogens with zero attached hydrogens (tertiary/aromatic N) is 1. The Bertz CT molecular complexity index is 1400. The van der Waals surface area contributed by atoms with Crippen LogP contribution in [0.4, 0.5) is 4.39 Å². The Morgan fingerprint density at radius 3 is 2.36 bits per heavy atom. The minimum Gasteiger partial charge on any atom is -0.481 e. The fourth-order valence-corrected chi connectivity index (χ4v) is 5.58. The molecule has 0 heterocycles. The summed E-state index contributed by atoms with van der Waals surface area (Å²) in [6, 6.07) is 18.5. The summed E-state index contributed by atoms with van der Waals surface area (Å²) in [6.45, 7) is 3.84. The summed E-state index contributed by atoms with van der Waals surface area (Å²) >= 11 is 5.75. The molecule has 3 aromatic rings. The van der Waals surface area contributed by atoms with E-state index in [1.54, 1.807) is 24.3 Å². The summed E-state index contributed by atoms with van der Waals surface area (Å²) < 4.78 is 41.4. The van der Waals surface area contributed by atoms with E-state index in [1.165, 1.54) is 25.2 Å². The van der Waals surface area contributed by atoms with Gasteiger partial charge < -0.3 is 15.5 Å². The number of halogens is 2. The summed E-state index contributed by atoms with van der Waals surface area (Å²) in [4.78, 5) is 10.9. The predicted molar refractivity (Wildman–Crippen MR) is 151 cm³/mol. The van der Waals surface area contributed by atoms with Crippen LogP contribution in [0, 0.1) is 5.82 Å². The molecular formula is C29H34ClFN2O5S. The van der Waals surface area contributed by atoms with E-state index in [0.29, 0.717) is 18.4 Å². The van der Waals surface area contributed by atoms with Gasteiger partial charge in [0.05, 0.1) is 16.0 Å². The zero-order valence-electron chi connectivity index (χ0n) is 22.2. The highest BCUT2D eigenvalue weighted by atomic mass is 35.5. The molecule has 39 heavy (non-hydrogen) atoms. The van der Waals surface area contributed by atoms with E-state index in [2.05, 4.69) is 5.32 Å². The van der Waals surface area contributed by atoms with Crippen LogP contribution in [0.2, 0.25) is 5.02 Å². The smallest absolute Gasteiger partial charge is 0.303 e. The van der Waals surface area contributed by atoms with Crippen molar-refractivity contribution < 1.29 is 27.8 Å². The van der Waals surface area contributed by atoms with Gasteiger partial charge in [-0.1, -0.05) is 54.1 Å².